The first kappa shape index (κ1) is 14.6. The number of anilines is 1. The van der Waals surface area contributed by atoms with Crippen molar-refractivity contribution in [1.82, 2.24) is 19.6 Å². The molecule has 1 aliphatic carbocycles. The second-order valence-electron chi connectivity index (χ2n) is 6.31. The predicted octanol–water partition coefficient (Wildman–Crippen LogP) is 1.41. The van der Waals surface area contributed by atoms with Crippen LogP contribution in [0.15, 0.2) is 12.3 Å². The number of hydrogen-bond donors (Lipinski definition) is 1. The van der Waals surface area contributed by atoms with Crippen LogP contribution >= 0.6 is 0 Å². The van der Waals surface area contributed by atoms with E-state index in [9.17, 15) is 9.59 Å². The third kappa shape index (κ3) is 2.05. The number of amides is 2. The molecule has 2 atom stereocenters. The Balaban J connectivity index is 1.72. The van der Waals surface area contributed by atoms with Gasteiger partial charge in [-0.2, -0.15) is 19.9 Å². The van der Waals surface area contributed by atoms with E-state index < -0.39 is 0 Å². The van der Waals surface area contributed by atoms with E-state index in [1.165, 1.54) is 10.7 Å². The van der Waals surface area contributed by atoms with Crippen LogP contribution in [0.1, 0.15) is 36.9 Å². The Labute approximate surface area is 138 Å². The van der Waals surface area contributed by atoms with Gasteiger partial charge < -0.3 is 0 Å². The maximum absolute atomic E-state index is 12.6. The average Bonchev–Trinajstić information content (AvgIpc) is 3.10. The van der Waals surface area contributed by atoms with Crippen LogP contribution in [0.5, 0.6) is 0 Å². The highest BCUT2D eigenvalue weighted by molar-refractivity contribution is 6.06. The monoisotopic (exact) mass is 324 g/mol. The number of carbonyl (C=O) groups is 2. The number of nitriles is 1. The highest BCUT2D eigenvalue weighted by Gasteiger charge is 2.48. The first-order valence-electron chi connectivity index (χ1n) is 8.00. The first-order chi connectivity index (χ1) is 11.6. The Bertz CT molecular complexity index is 872. The van der Waals surface area contributed by atoms with Gasteiger partial charge in [-0.05, 0) is 19.8 Å². The lowest BCUT2D eigenvalue weighted by Crippen LogP contribution is -2.37. The van der Waals surface area contributed by atoms with Crippen molar-refractivity contribution in [1.29, 1.82) is 5.26 Å². The van der Waals surface area contributed by atoms with Crippen molar-refractivity contribution < 1.29 is 9.59 Å². The van der Waals surface area contributed by atoms with Gasteiger partial charge in [-0.3, -0.25) is 15.0 Å². The molecular weight excluding hydrogens is 308 g/mol. The number of carbonyl (C=O) groups excluding carboxylic acids is 2. The summed E-state index contributed by atoms with van der Waals surface area (Å²) < 4.78 is 1.44. The average molecular weight is 324 g/mol. The van der Waals surface area contributed by atoms with Gasteiger partial charge in [0.2, 0.25) is 0 Å². The van der Waals surface area contributed by atoms with Crippen LogP contribution < -0.4 is 5.43 Å². The van der Waals surface area contributed by atoms with Gasteiger partial charge in [-0.1, -0.05) is 12.8 Å². The Morgan fingerprint density at radius 1 is 1.25 bits per heavy atom. The molecule has 1 N–H and O–H groups in total. The molecule has 8 nitrogen and oxygen atoms in total. The highest BCUT2D eigenvalue weighted by atomic mass is 16.2. The molecule has 0 spiro atoms. The number of hydrazine groups is 1. The van der Waals surface area contributed by atoms with Gasteiger partial charge in [0, 0.05) is 11.8 Å². The molecule has 1 saturated heterocycles. The van der Waals surface area contributed by atoms with Crippen molar-refractivity contribution in [2.24, 2.45) is 11.8 Å². The van der Waals surface area contributed by atoms with E-state index in [1.54, 1.807) is 13.0 Å². The summed E-state index contributed by atoms with van der Waals surface area (Å²) in [5.41, 5.74) is 4.31. The molecule has 1 saturated carbocycles. The minimum Gasteiger partial charge on any atom is -0.272 e. The van der Waals surface area contributed by atoms with E-state index in [1.807, 2.05) is 6.07 Å². The Kier molecular flexibility index (Phi) is 3.23. The molecule has 2 unspecified atom stereocenters. The summed E-state index contributed by atoms with van der Waals surface area (Å²) in [4.78, 5) is 29.5. The van der Waals surface area contributed by atoms with Gasteiger partial charge in [-0.15, -0.1) is 0 Å². The summed E-state index contributed by atoms with van der Waals surface area (Å²) in [6.07, 6.45) is 4.91. The minimum absolute atomic E-state index is 0.181. The number of aryl methyl sites for hydroxylation is 1. The van der Waals surface area contributed by atoms with Crippen molar-refractivity contribution in [2.75, 3.05) is 5.43 Å². The summed E-state index contributed by atoms with van der Waals surface area (Å²) in [6.45, 7) is 1.78. The quantitative estimate of drug-likeness (QED) is 0.838. The molecule has 1 aliphatic heterocycles. The molecule has 3 heterocycles. The third-order valence-corrected chi connectivity index (χ3v) is 4.79. The molecule has 122 valence electrons. The van der Waals surface area contributed by atoms with Gasteiger partial charge in [0.05, 0.1) is 18.0 Å². The van der Waals surface area contributed by atoms with Crippen LogP contribution in [0.2, 0.25) is 0 Å². The van der Waals surface area contributed by atoms with Crippen molar-refractivity contribution in [3.8, 4) is 6.07 Å². The van der Waals surface area contributed by atoms with Gasteiger partial charge in [0.1, 0.15) is 11.6 Å². The van der Waals surface area contributed by atoms with Crippen LogP contribution in [0.3, 0.4) is 0 Å². The normalized spacial score (nSPS) is 23.4. The van der Waals surface area contributed by atoms with Gasteiger partial charge in [0.25, 0.3) is 11.8 Å². The maximum atomic E-state index is 12.6. The molecule has 8 heteroatoms. The number of hydrogen-bond acceptors (Lipinski definition) is 6. The van der Waals surface area contributed by atoms with E-state index in [-0.39, 0.29) is 23.7 Å². The van der Waals surface area contributed by atoms with E-state index in [2.05, 4.69) is 15.5 Å². The summed E-state index contributed by atoms with van der Waals surface area (Å²) >= 11 is 0. The molecule has 2 aliphatic rings. The fourth-order valence-corrected chi connectivity index (χ4v) is 3.63. The molecule has 2 aromatic heterocycles. The zero-order chi connectivity index (χ0) is 16.8. The van der Waals surface area contributed by atoms with E-state index >= 15 is 0 Å². The zero-order valence-corrected chi connectivity index (χ0v) is 13.2. The number of rotatable bonds is 2. The lowest BCUT2D eigenvalue weighted by Gasteiger charge is -2.19. The van der Waals surface area contributed by atoms with Crippen LogP contribution in [-0.2, 0) is 9.59 Å². The Hall–Kier alpha value is -2.95. The Morgan fingerprint density at radius 3 is 2.54 bits per heavy atom. The van der Waals surface area contributed by atoms with Gasteiger partial charge in [-0.25, -0.2) is 4.98 Å². The number of aromatic nitrogens is 3. The lowest BCUT2D eigenvalue weighted by atomic mass is 9.81. The fourth-order valence-electron chi connectivity index (χ4n) is 3.63. The van der Waals surface area contributed by atoms with Crippen molar-refractivity contribution in [3.05, 3.63) is 23.5 Å². The number of fused-ring (bicyclic) bond motifs is 2. The predicted molar refractivity (Wildman–Crippen MR) is 83.4 cm³/mol. The molecule has 24 heavy (non-hydrogen) atoms. The van der Waals surface area contributed by atoms with Crippen molar-refractivity contribution >= 4 is 23.3 Å². The lowest BCUT2D eigenvalue weighted by molar-refractivity contribution is -0.138. The zero-order valence-electron chi connectivity index (χ0n) is 13.2. The second-order valence-corrected chi connectivity index (χ2v) is 6.31. The minimum atomic E-state index is -0.218. The molecule has 0 radical (unpaired) electrons. The molecule has 2 amide bonds. The topological polar surface area (TPSA) is 103 Å². The molecular formula is C16H16N6O2. The first-order valence-corrected chi connectivity index (χ1v) is 8.00. The molecule has 4 rings (SSSR count). The van der Waals surface area contributed by atoms with Gasteiger partial charge in [0.15, 0.2) is 11.5 Å². The summed E-state index contributed by atoms with van der Waals surface area (Å²) in [7, 11) is 0. The fraction of sp³-hybridized carbons (Fsp3) is 0.438. The largest absolute Gasteiger partial charge is 0.272 e. The number of nitrogens with one attached hydrogen (secondary N) is 1. The standard InChI is InChI=1S/C16H16N6O2/c1-9-6-13(21-14(19-9)10(7-17)8-18-21)20-22-15(23)11-4-2-3-5-12(11)16(22)24/h6,8,11-12,20H,2-5H2,1H3. The van der Waals surface area contributed by atoms with Gasteiger partial charge >= 0.3 is 0 Å². The molecule has 2 aromatic rings. The van der Waals surface area contributed by atoms with E-state index in [0.717, 1.165) is 30.7 Å². The van der Waals surface area contributed by atoms with Crippen LogP contribution in [0.4, 0.5) is 5.82 Å². The molecule has 0 aromatic carbocycles. The van der Waals surface area contributed by atoms with E-state index in [0.29, 0.717) is 22.7 Å². The highest BCUT2D eigenvalue weighted by Crippen LogP contribution is 2.38. The van der Waals surface area contributed by atoms with Crippen LogP contribution in [0, 0.1) is 30.1 Å². The number of nitrogens with zero attached hydrogens (tertiary/aromatic N) is 5. The second kappa shape index (κ2) is 5.30. The maximum Gasteiger partial charge on any atom is 0.252 e. The molecule has 2 fully saturated rings. The SMILES string of the molecule is Cc1cc(NN2C(=O)C3CCCCC3C2=O)n2ncc(C#N)c2n1. The third-order valence-electron chi connectivity index (χ3n) is 4.79. The van der Waals surface area contributed by atoms with Crippen molar-refractivity contribution in [3.63, 3.8) is 0 Å². The Morgan fingerprint density at radius 2 is 1.92 bits per heavy atom. The summed E-state index contributed by atoms with van der Waals surface area (Å²) in [5, 5.41) is 14.4. The van der Waals surface area contributed by atoms with Crippen LogP contribution in [0.25, 0.3) is 5.65 Å². The van der Waals surface area contributed by atoms with E-state index in [4.69, 9.17) is 5.26 Å². The van der Waals surface area contributed by atoms with Crippen LogP contribution in [-0.4, -0.2) is 31.4 Å². The summed E-state index contributed by atoms with van der Waals surface area (Å²) in [5.74, 6) is -0.353. The van der Waals surface area contributed by atoms with Crippen molar-refractivity contribution in [2.45, 2.75) is 32.6 Å². The summed E-state index contributed by atoms with van der Waals surface area (Å²) in [6, 6.07) is 3.73. The molecule has 0 bridgehead atoms. The smallest absolute Gasteiger partial charge is 0.252 e. The number of imide groups is 1.